The predicted octanol–water partition coefficient (Wildman–Crippen LogP) is 2.53. The molecular formula is C9H8BrN3. The molecule has 0 N–H and O–H groups in total. The van der Waals surface area contributed by atoms with Gasteiger partial charge in [-0.25, -0.2) is 4.68 Å². The molecule has 1 aliphatic rings. The second kappa shape index (κ2) is 2.54. The van der Waals surface area contributed by atoms with E-state index in [1.54, 1.807) is 0 Å². The number of hydrogen-bond donors (Lipinski definition) is 0. The maximum atomic E-state index is 4.14. The van der Waals surface area contributed by atoms with E-state index in [1.807, 2.05) is 16.8 Å². The van der Waals surface area contributed by atoms with Gasteiger partial charge in [0, 0.05) is 4.47 Å². The van der Waals surface area contributed by atoms with Crippen molar-refractivity contribution in [3.8, 4) is 0 Å². The van der Waals surface area contributed by atoms with Gasteiger partial charge in [-0.3, -0.25) is 0 Å². The molecule has 13 heavy (non-hydrogen) atoms. The van der Waals surface area contributed by atoms with Crippen LogP contribution in [-0.4, -0.2) is 15.0 Å². The summed E-state index contributed by atoms with van der Waals surface area (Å²) < 4.78 is 3.12. The molecule has 0 saturated heterocycles. The second-order valence-electron chi connectivity index (χ2n) is 3.40. The summed E-state index contributed by atoms with van der Waals surface area (Å²) in [5.74, 6) is 0. The van der Waals surface area contributed by atoms with E-state index < -0.39 is 0 Å². The van der Waals surface area contributed by atoms with Crippen LogP contribution in [0.25, 0.3) is 11.0 Å². The van der Waals surface area contributed by atoms with Crippen molar-refractivity contribution in [1.29, 1.82) is 0 Å². The van der Waals surface area contributed by atoms with Crippen LogP contribution in [0.2, 0.25) is 0 Å². The molecule has 1 heterocycles. The number of nitrogens with zero attached hydrogens (tertiary/aromatic N) is 3. The number of benzene rings is 1. The van der Waals surface area contributed by atoms with E-state index in [0.29, 0.717) is 6.04 Å². The SMILES string of the molecule is Brc1ccc2nnn(C3CC3)c2c1. The summed E-state index contributed by atoms with van der Waals surface area (Å²) in [5.41, 5.74) is 2.12. The van der Waals surface area contributed by atoms with Crippen LogP contribution in [-0.2, 0) is 0 Å². The number of rotatable bonds is 1. The van der Waals surface area contributed by atoms with Gasteiger partial charge in [0.05, 0.1) is 11.6 Å². The van der Waals surface area contributed by atoms with Gasteiger partial charge in [-0.1, -0.05) is 21.1 Å². The zero-order valence-electron chi connectivity index (χ0n) is 6.94. The third-order valence-corrected chi connectivity index (χ3v) is 2.82. The van der Waals surface area contributed by atoms with Crippen LogP contribution >= 0.6 is 15.9 Å². The fourth-order valence-electron chi connectivity index (χ4n) is 1.50. The molecule has 1 fully saturated rings. The molecule has 0 bridgehead atoms. The summed E-state index contributed by atoms with van der Waals surface area (Å²) in [7, 11) is 0. The van der Waals surface area contributed by atoms with Crippen LogP contribution in [0.3, 0.4) is 0 Å². The summed E-state index contributed by atoms with van der Waals surface area (Å²) in [6.45, 7) is 0. The normalized spacial score (nSPS) is 16.7. The molecule has 1 aromatic carbocycles. The molecule has 0 atom stereocenters. The summed E-state index contributed by atoms with van der Waals surface area (Å²) in [4.78, 5) is 0. The van der Waals surface area contributed by atoms with Crippen molar-refractivity contribution < 1.29 is 0 Å². The van der Waals surface area contributed by atoms with Crippen molar-refractivity contribution in [3.63, 3.8) is 0 Å². The van der Waals surface area contributed by atoms with Crippen molar-refractivity contribution in [3.05, 3.63) is 22.7 Å². The van der Waals surface area contributed by atoms with Gasteiger partial charge in [0.25, 0.3) is 0 Å². The van der Waals surface area contributed by atoms with E-state index in [2.05, 4.69) is 32.3 Å². The lowest BCUT2D eigenvalue weighted by Crippen LogP contribution is -1.95. The minimum absolute atomic E-state index is 0.597. The van der Waals surface area contributed by atoms with Crippen molar-refractivity contribution >= 4 is 27.0 Å². The second-order valence-corrected chi connectivity index (χ2v) is 4.31. The van der Waals surface area contributed by atoms with Gasteiger partial charge < -0.3 is 0 Å². The smallest absolute Gasteiger partial charge is 0.113 e. The molecule has 0 radical (unpaired) electrons. The van der Waals surface area contributed by atoms with Gasteiger partial charge in [0.15, 0.2) is 0 Å². The summed E-state index contributed by atoms with van der Waals surface area (Å²) >= 11 is 3.45. The lowest BCUT2D eigenvalue weighted by atomic mass is 10.3. The van der Waals surface area contributed by atoms with Crippen LogP contribution in [0.5, 0.6) is 0 Å². The molecule has 0 aliphatic heterocycles. The number of aromatic nitrogens is 3. The first-order valence-electron chi connectivity index (χ1n) is 4.35. The molecular weight excluding hydrogens is 230 g/mol. The fraction of sp³-hybridized carbons (Fsp3) is 0.333. The average molecular weight is 238 g/mol. The van der Waals surface area contributed by atoms with Crippen LogP contribution in [0.15, 0.2) is 22.7 Å². The quantitative estimate of drug-likeness (QED) is 0.764. The minimum Gasteiger partial charge on any atom is -0.242 e. The van der Waals surface area contributed by atoms with E-state index in [0.717, 1.165) is 15.5 Å². The zero-order chi connectivity index (χ0) is 8.84. The van der Waals surface area contributed by atoms with E-state index in [1.165, 1.54) is 12.8 Å². The van der Waals surface area contributed by atoms with Crippen molar-refractivity contribution in [2.45, 2.75) is 18.9 Å². The Morgan fingerprint density at radius 2 is 2.23 bits per heavy atom. The molecule has 0 amide bonds. The first kappa shape index (κ1) is 7.50. The maximum Gasteiger partial charge on any atom is 0.113 e. The molecule has 1 aromatic heterocycles. The molecule has 66 valence electrons. The van der Waals surface area contributed by atoms with Crippen molar-refractivity contribution in [1.82, 2.24) is 15.0 Å². The van der Waals surface area contributed by atoms with Crippen molar-refractivity contribution in [2.24, 2.45) is 0 Å². The Kier molecular flexibility index (Phi) is 1.47. The van der Waals surface area contributed by atoms with Gasteiger partial charge >= 0.3 is 0 Å². The first-order valence-corrected chi connectivity index (χ1v) is 5.14. The topological polar surface area (TPSA) is 30.7 Å². The van der Waals surface area contributed by atoms with Crippen LogP contribution in [0, 0.1) is 0 Å². The van der Waals surface area contributed by atoms with Crippen LogP contribution in [0.1, 0.15) is 18.9 Å². The van der Waals surface area contributed by atoms with Gasteiger partial charge in [-0.15, -0.1) is 5.10 Å². The summed E-state index contributed by atoms with van der Waals surface area (Å²) in [6.07, 6.45) is 2.48. The molecule has 3 rings (SSSR count). The van der Waals surface area contributed by atoms with Gasteiger partial charge in [-0.2, -0.15) is 0 Å². The Morgan fingerprint density at radius 3 is 3.00 bits per heavy atom. The highest BCUT2D eigenvalue weighted by Gasteiger charge is 2.26. The molecule has 3 nitrogen and oxygen atoms in total. The molecule has 1 saturated carbocycles. The van der Waals surface area contributed by atoms with Crippen molar-refractivity contribution in [2.75, 3.05) is 0 Å². The predicted molar refractivity (Wildman–Crippen MR) is 53.5 cm³/mol. The summed E-state index contributed by atoms with van der Waals surface area (Å²) in [6, 6.07) is 6.66. The Morgan fingerprint density at radius 1 is 1.38 bits per heavy atom. The van der Waals surface area contributed by atoms with Gasteiger partial charge in [-0.05, 0) is 31.0 Å². The Bertz CT molecular complexity index is 459. The zero-order valence-corrected chi connectivity index (χ0v) is 8.53. The van der Waals surface area contributed by atoms with Crippen LogP contribution in [0.4, 0.5) is 0 Å². The van der Waals surface area contributed by atoms with E-state index in [4.69, 9.17) is 0 Å². The molecule has 1 aliphatic carbocycles. The molecule has 0 unspecified atom stereocenters. The lowest BCUT2D eigenvalue weighted by Gasteiger charge is -1.97. The highest BCUT2D eigenvalue weighted by atomic mass is 79.9. The largest absolute Gasteiger partial charge is 0.242 e. The Labute approximate surface area is 83.9 Å². The average Bonchev–Trinajstić information content (AvgIpc) is 2.87. The lowest BCUT2D eigenvalue weighted by molar-refractivity contribution is 0.630. The number of halogens is 1. The minimum atomic E-state index is 0.597. The Hall–Kier alpha value is -0.900. The van der Waals surface area contributed by atoms with E-state index >= 15 is 0 Å². The van der Waals surface area contributed by atoms with E-state index in [9.17, 15) is 0 Å². The molecule has 2 aromatic rings. The fourth-order valence-corrected chi connectivity index (χ4v) is 1.85. The molecule has 4 heteroatoms. The first-order chi connectivity index (χ1) is 6.34. The van der Waals surface area contributed by atoms with Gasteiger partial charge in [0.2, 0.25) is 0 Å². The van der Waals surface area contributed by atoms with Gasteiger partial charge in [0.1, 0.15) is 5.52 Å². The third-order valence-electron chi connectivity index (χ3n) is 2.33. The van der Waals surface area contributed by atoms with E-state index in [-0.39, 0.29) is 0 Å². The van der Waals surface area contributed by atoms with Crippen LogP contribution < -0.4 is 0 Å². The standard InChI is InChI=1S/C9H8BrN3/c10-6-1-4-8-9(5-6)13(12-11-8)7-2-3-7/h1,4-5,7H,2-3H2. The number of hydrogen-bond acceptors (Lipinski definition) is 2. The highest BCUT2D eigenvalue weighted by molar-refractivity contribution is 9.10. The monoisotopic (exact) mass is 237 g/mol. The summed E-state index contributed by atoms with van der Waals surface area (Å²) in [5, 5.41) is 8.26. The molecule has 0 spiro atoms. The highest BCUT2D eigenvalue weighted by Crippen LogP contribution is 2.36. The maximum absolute atomic E-state index is 4.14. The number of fused-ring (bicyclic) bond motifs is 1. The Balaban J connectivity index is 2.29. The third kappa shape index (κ3) is 1.16.